The summed E-state index contributed by atoms with van der Waals surface area (Å²) >= 11 is 0. The first-order valence-electron chi connectivity index (χ1n) is 6.17. The highest BCUT2D eigenvalue weighted by Crippen LogP contribution is 2.31. The van der Waals surface area contributed by atoms with E-state index in [2.05, 4.69) is 4.98 Å². The summed E-state index contributed by atoms with van der Waals surface area (Å²) in [6, 6.07) is 1.79. The third kappa shape index (κ3) is 2.03. The van der Waals surface area contributed by atoms with Crippen LogP contribution < -0.4 is 4.74 Å². The summed E-state index contributed by atoms with van der Waals surface area (Å²) in [6.45, 7) is 7.74. The number of hydrogen-bond acceptors (Lipinski definition) is 4. The zero-order valence-corrected chi connectivity index (χ0v) is 11.1. The standard InChI is InChI=1S/C14H17NO3/c1-7(2)9-5-10-12(16)11(8(3)4)14(17)18-13(10)15-6-9/h5-8,11H,1-4H3. The van der Waals surface area contributed by atoms with Crippen molar-refractivity contribution in [1.29, 1.82) is 0 Å². The van der Waals surface area contributed by atoms with E-state index in [1.165, 1.54) is 0 Å². The van der Waals surface area contributed by atoms with Crippen molar-refractivity contribution >= 4 is 11.8 Å². The number of ether oxygens (including phenoxy) is 1. The molecule has 2 rings (SSSR count). The summed E-state index contributed by atoms with van der Waals surface area (Å²) in [5.74, 6) is -1.02. The maximum atomic E-state index is 12.3. The van der Waals surface area contributed by atoms with Crippen molar-refractivity contribution in [1.82, 2.24) is 4.98 Å². The minimum absolute atomic E-state index is 0.0687. The first-order valence-corrected chi connectivity index (χ1v) is 6.17. The van der Waals surface area contributed by atoms with Crippen LogP contribution in [0, 0.1) is 11.8 Å². The van der Waals surface area contributed by atoms with Crippen molar-refractivity contribution < 1.29 is 14.3 Å². The SMILES string of the molecule is CC(C)c1cnc2c(c1)C(=O)C(C(C)C)C(=O)O2. The number of esters is 1. The van der Waals surface area contributed by atoms with E-state index < -0.39 is 11.9 Å². The van der Waals surface area contributed by atoms with Crippen molar-refractivity contribution in [2.75, 3.05) is 0 Å². The van der Waals surface area contributed by atoms with Gasteiger partial charge in [0.1, 0.15) is 5.92 Å². The second-order valence-corrected chi connectivity index (χ2v) is 5.28. The van der Waals surface area contributed by atoms with Gasteiger partial charge in [0.25, 0.3) is 0 Å². The van der Waals surface area contributed by atoms with Crippen LogP contribution in [0.25, 0.3) is 0 Å². The van der Waals surface area contributed by atoms with Gasteiger partial charge in [0.05, 0.1) is 5.56 Å². The molecule has 4 heteroatoms. The van der Waals surface area contributed by atoms with E-state index in [0.717, 1.165) is 5.56 Å². The average Bonchev–Trinajstić information content (AvgIpc) is 2.27. The van der Waals surface area contributed by atoms with Crippen molar-refractivity contribution in [3.63, 3.8) is 0 Å². The Morgan fingerprint density at radius 2 is 1.89 bits per heavy atom. The number of rotatable bonds is 2. The Morgan fingerprint density at radius 3 is 2.44 bits per heavy atom. The monoisotopic (exact) mass is 247 g/mol. The van der Waals surface area contributed by atoms with E-state index >= 15 is 0 Å². The van der Waals surface area contributed by atoms with Gasteiger partial charge >= 0.3 is 5.97 Å². The molecular formula is C14H17NO3. The summed E-state index contributed by atoms with van der Waals surface area (Å²) in [4.78, 5) is 28.1. The van der Waals surface area contributed by atoms with Gasteiger partial charge in [-0.15, -0.1) is 0 Å². The molecule has 0 fully saturated rings. The maximum absolute atomic E-state index is 12.3. The lowest BCUT2D eigenvalue weighted by molar-refractivity contribution is -0.139. The molecule has 1 atom stereocenters. The van der Waals surface area contributed by atoms with Crippen LogP contribution in [0.2, 0.25) is 0 Å². The van der Waals surface area contributed by atoms with Crippen LogP contribution in [0.4, 0.5) is 0 Å². The third-order valence-electron chi connectivity index (χ3n) is 3.20. The zero-order chi connectivity index (χ0) is 13.4. The van der Waals surface area contributed by atoms with Crippen molar-refractivity contribution in [3.05, 3.63) is 23.4 Å². The summed E-state index contributed by atoms with van der Waals surface area (Å²) in [7, 11) is 0. The molecular weight excluding hydrogens is 230 g/mol. The highest BCUT2D eigenvalue weighted by atomic mass is 16.5. The Labute approximate surface area is 106 Å². The van der Waals surface area contributed by atoms with Gasteiger partial charge in [-0.05, 0) is 23.5 Å². The number of fused-ring (bicyclic) bond motifs is 1. The lowest BCUT2D eigenvalue weighted by Gasteiger charge is -2.24. The molecule has 1 aromatic rings. The number of hydrogen-bond donors (Lipinski definition) is 0. The molecule has 1 aromatic heterocycles. The van der Waals surface area contributed by atoms with E-state index in [4.69, 9.17) is 4.74 Å². The second-order valence-electron chi connectivity index (χ2n) is 5.28. The van der Waals surface area contributed by atoms with Crippen molar-refractivity contribution in [2.45, 2.75) is 33.6 Å². The van der Waals surface area contributed by atoms with Crippen LogP contribution in [0.15, 0.2) is 12.3 Å². The first-order chi connectivity index (χ1) is 8.41. The van der Waals surface area contributed by atoms with Crippen molar-refractivity contribution in [2.24, 2.45) is 11.8 Å². The topological polar surface area (TPSA) is 56.3 Å². The van der Waals surface area contributed by atoms with Gasteiger partial charge in [-0.25, -0.2) is 4.98 Å². The van der Waals surface area contributed by atoms with Crippen LogP contribution in [0.1, 0.15) is 49.5 Å². The molecule has 4 nitrogen and oxygen atoms in total. The maximum Gasteiger partial charge on any atom is 0.323 e. The molecule has 0 amide bonds. The number of Topliss-reactive ketones (excluding diaryl/α,β-unsaturated/α-hetero) is 1. The van der Waals surface area contributed by atoms with E-state index in [9.17, 15) is 9.59 Å². The molecule has 0 aromatic carbocycles. The lowest BCUT2D eigenvalue weighted by atomic mass is 9.86. The summed E-state index contributed by atoms with van der Waals surface area (Å²) in [5.41, 5.74) is 1.40. The molecule has 96 valence electrons. The molecule has 2 heterocycles. The fraction of sp³-hybridized carbons (Fsp3) is 0.500. The molecule has 0 bridgehead atoms. The molecule has 0 radical (unpaired) electrons. The van der Waals surface area contributed by atoms with Crippen LogP contribution in [-0.4, -0.2) is 16.7 Å². The summed E-state index contributed by atoms with van der Waals surface area (Å²) in [6.07, 6.45) is 1.65. The molecule has 0 spiro atoms. The number of aromatic nitrogens is 1. The molecule has 0 saturated heterocycles. The number of ketones is 1. The molecule has 0 N–H and O–H groups in total. The van der Waals surface area contributed by atoms with Crippen molar-refractivity contribution in [3.8, 4) is 5.88 Å². The predicted octanol–water partition coefficient (Wildman–Crippen LogP) is 2.58. The quantitative estimate of drug-likeness (QED) is 0.595. The lowest BCUT2D eigenvalue weighted by Crippen LogP contribution is -2.37. The minimum Gasteiger partial charge on any atom is -0.406 e. The van der Waals surface area contributed by atoms with Gasteiger partial charge in [0.2, 0.25) is 5.88 Å². The fourth-order valence-corrected chi connectivity index (χ4v) is 2.05. The number of pyridine rings is 1. The Kier molecular flexibility index (Phi) is 3.20. The van der Waals surface area contributed by atoms with E-state index in [1.54, 1.807) is 12.3 Å². The van der Waals surface area contributed by atoms with Gasteiger partial charge in [0, 0.05) is 6.20 Å². The molecule has 0 aliphatic carbocycles. The van der Waals surface area contributed by atoms with E-state index in [-0.39, 0.29) is 23.5 Å². The van der Waals surface area contributed by atoms with Gasteiger partial charge in [-0.1, -0.05) is 27.7 Å². The summed E-state index contributed by atoms with van der Waals surface area (Å²) < 4.78 is 5.14. The number of nitrogens with zero attached hydrogens (tertiary/aromatic N) is 1. The van der Waals surface area contributed by atoms with Gasteiger partial charge in [0.15, 0.2) is 5.78 Å². The minimum atomic E-state index is -0.707. The first kappa shape index (κ1) is 12.7. The van der Waals surface area contributed by atoms with Gasteiger partial charge < -0.3 is 4.74 Å². The smallest absolute Gasteiger partial charge is 0.323 e. The molecule has 18 heavy (non-hydrogen) atoms. The molecule has 1 aliphatic heterocycles. The van der Waals surface area contributed by atoms with Crippen LogP contribution in [-0.2, 0) is 4.79 Å². The zero-order valence-electron chi connectivity index (χ0n) is 11.1. The Bertz CT molecular complexity index is 506. The average molecular weight is 247 g/mol. The highest BCUT2D eigenvalue weighted by molar-refractivity contribution is 6.13. The number of carbonyl (C=O) groups is 2. The second kappa shape index (κ2) is 4.52. The molecule has 1 aliphatic rings. The predicted molar refractivity (Wildman–Crippen MR) is 66.6 cm³/mol. The number of carbonyl (C=O) groups excluding carboxylic acids is 2. The summed E-state index contributed by atoms with van der Waals surface area (Å²) in [5, 5.41) is 0. The highest BCUT2D eigenvalue weighted by Gasteiger charge is 2.39. The normalized spacial score (nSPS) is 19.1. The van der Waals surface area contributed by atoms with Crippen LogP contribution >= 0.6 is 0 Å². The van der Waals surface area contributed by atoms with E-state index in [1.807, 2.05) is 27.7 Å². The van der Waals surface area contributed by atoms with Gasteiger partial charge in [-0.2, -0.15) is 0 Å². The molecule has 0 saturated carbocycles. The Balaban J connectivity index is 2.48. The fourth-order valence-electron chi connectivity index (χ4n) is 2.05. The van der Waals surface area contributed by atoms with E-state index in [0.29, 0.717) is 5.56 Å². The van der Waals surface area contributed by atoms with Crippen LogP contribution in [0.3, 0.4) is 0 Å². The largest absolute Gasteiger partial charge is 0.406 e. The molecule has 1 unspecified atom stereocenters. The van der Waals surface area contributed by atoms with Gasteiger partial charge in [-0.3, -0.25) is 9.59 Å². The van der Waals surface area contributed by atoms with Crippen LogP contribution in [0.5, 0.6) is 5.88 Å². The Morgan fingerprint density at radius 1 is 1.22 bits per heavy atom. The Hall–Kier alpha value is -1.71. The third-order valence-corrected chi connectivity index (χ3v) is 3.20.